The van der Waals surface area contributed by atoms with Crippen molar-refractivity contribution in [1.29, 1.82) is 0 Å². The Morgan fingerprint density at radius 3 is 2.59 bits per heavy atom. The maximum atomic E-state index is 11.8. The molecule has 0 spiro atoms. The zero-order chi connectivity index (χ0) is 11.9. The van der Waals surface area contributed by atoms with Crippen LogP contribution in [0.5, 0.6) is 0 Å². The minimum Gasteiger partial charge on any atom is -0.355 e. The fourth-order valence-electron chi connectivity index (χ4n) is 3.10. The fourth-order valence-corrected chi connectivity index (χ4v) is 3.10. The standard InChI is InChI=1S/C14H26N2O/c17-14(13-9-3-4-10-15-13)16-11-5-8-12-6-1-2-7-12/h12-13,15H,1-11H2,(H,16,17). The van der Waals surface area contributed by atoms with Gasteiger partial charge in [-0.2, -0.15) is 0 Å². The first-order valence-electron chi connectivity index (χ1n) is 7.37. The van der Waals surface area contributed by atoms with Crippen LogP contribution in [0, 0.1) is 5.92 Å². The second kappa shape index (κ2) is 7.00. The summed E-state index contributed by atoms with van der Waals surface area (Å²) in [5.41, 5.74) is 0. The number of carbonyl (C=O) groups is 1. The second-order valence-electron chi connectivity index (χ2n) is 5.59. The highest BCUT2D eigenvalue weighted by Gasteiger charge is 2.20. The largest absolute Gasteiger partial charge is 0.355 e. The van der Waals surface area contributed by atoms with Crippen molar-refractivity contribution in [2.24, 2.45) is 5.92 Å². The van der Waals surface area contributed by atoms with Crippen molar-refractivity contribution < 1.29 is 4.79 Å². The Hall–Kier alpha value is -0.570. The third-order valence-corrected chi connectivity index (χ3v) is 4.19. The van der Waals surface area contributed by atoms with Crippen LogP contribution in [-0.2, 0) is 4.79 Å². The molecule has 1 heterocycles. The average Bonchev–Trinajstić information content (AvgIpc) is 2.88. The lowest BCUT2D eigenvalue weighted by atomic mass is 10.0. The Labute approximate surface area is 105 Å². The fraction of sp³-hybridized carbons (Fsp3) is 0.929. The van der Waals surface area contributed by atoms with Gasteiger partial charge < -0.3 is 10.6 Å². The van der Waals surface area contributed by atoms with E-state index in [0.29, 0.717) is 0 Å². The topological polar surface area (TPSA) is 41.1 Å². The predicted octanol–water partition coefficient (Wildman–Crippen LogP) is 2.22. The van der Waals surface area contributed by atoms with Crippen molar-refractivity contribution in [3.8, 4) is 0 Å². The first kappa shape index (κ1) is 12.9. The van der Waals surface area contributed by atoms with Gasteiger partial charge in [-0.3, -0.25) is 4.79 Å². The molecule has 2 fully saturated rings. The molecule has 2 rings (SSSR count). The van der Waals surface area contributed by atoms with Gasteiger partial charge in [0.05, 0.1) is 6.04 Å². The lowest BCUT2D eigenvalue weighted by Gasteiger charge is -2.22. The molecule has 1 aliphatic heterocycles. The van der Waals surface area contributed by atoms with Crippen LogP contribution in [0.15, 0.2) is 0 Å². The molecular formula is C14H26N2O. The molecule has 0 bridgehead atoms. The smallest absolute Gasteiger partial charge is 0.237 e. The van der Waals surface area contributed by atoms with Crippen LogP contribution < -0.4 is 10.6 Å². The number of amides is 1. The number of piperidine rings is 1. The van der Waals surface area contributed by atoms with Crippen molar-refractivity contribution in [2.75, 3.05) is 13.1 Å². The summed E-state index contributed by atoms with van der Waals surface area (Å²) in [6.45, 7) is 1.87. The third-order valence-electron chi connectivity index (χ3n) is 4.19. The van der Waals surface area contributed by atoms with Gasteiger partial charge in [-0.25, -0.2) is 0 Å². The van der Waals surface area contributed by atoms with Crippen LogP contribution >= 0.6 is 0 Å². The summed E-state index contributed by atoms with van der Waals surface area (Å²) in [6, 6.07) is 0.0789. The van der Waals surface area contributed by atoms with E-state index < -0.39 is 0 Å². The molecule has 1 atom stereocenters. The molecule has 2 aliphatic rings. The minimum absolute atomic E-state index is 0.0789. The molecule has 0 aromatic rings. The molecule has 1 saturated heterocycles. The van der Waals surface area contributed by atoms with E-state index in [4.69, 9.17) is 0 Å². The van der Waals surface area contributed by atoms with E-state index >= 15 is 0 Å². The molecule has 1 unspecified atom stereocenters. The summed E-state index contributed by atoms with van der Waals surface area (Å²) in [5, 5.41) is 6.36. The summed E-state index contributed by atoms with van der Waals surface area (Å²) in [6.07, 6.45) is 11.5. The summed E-state index contributed by atoms with van der Waals surface area (Å²) in [4.78, 5) is 11.8. The van der Waals surface area contributed by atoms with Crippen LogP contribution in [0.4, 0.5) is 0 Å². The average molecular weight is 238 g/mol. The highest BCUT2D eigenvalue weighted by Crippen LogP contribution is 2.28. The summed E-state index contributed by atoms with van der Waals surface area (Å²) in [7, 11) is 0. The monoisotopic (exact) mass is 238 g/mol. The molecule has 0 aromatic heterocycles. The molecule has 1 saturated carbocycles. The molecular weight excluding hydrogens is 212 g/mol. The molecule has 0 radical (unpaired) electrons. The number of nitrogens with one attached hydrogen (secondary N) is 2. The molecule has 3 heteroatoms. The molecule has 98 valence electrons. The predicted molar refractivity (Wildman–Crippen MR) is 69.8 cm³/mol. The molecule has 17 heavy (non-hydrogen) atoms. The zero-order valence-corrected chi connectivity index (χ0v) is 10.8. The van der Waals surface area contributed by atoms with Gasteiger partial charge in [0.25, 0.3) is 0 Å². The van der Waals surface area contributed by atoms with Gasteiger partial charge in [0.1, 0.15) is 0 Å². The van der Waals surface area contributed by atoms with E-state index in [1.165, 1.54) is 44.9 Å². The van der Waals surface area contributed by atoms with Crippen LogP contribution in [0.1, 0.15) is 57.8 Å². The maximum absolute atomic E-state index is 11.8. The quantitative estimate of drug-likeness (QED) is 0.721. The van der Waals surface area contributed by atoms with Gasteiger partial charge >= 0.3 is 0 Å². The van der Waals surface area contributed by atoms with Gasteiger partial charge in [0, 0.05) is 6.54 Å². The first-order valence-corrected chi connectivity index (χ1v) is 7.37. The number of hydrogen-bond acceptors (Lipinski definition) is 2. The summed E-state index contributed by atoms with van der Waals surface area (Å²) in [5.74, 6) is 1.16. The van der Waals surface area contributed by atoms with E-state index in [9.17, 15) is 4.79 Å². The third kappa shape index (κ3) is 4.30. The minimum atomic E-state index is 0.0789. The number of rotatable bonds is 5. The highest BCUT2D eigenvalue weighted by atomic mass is 16.2. The molecule has 1 amide bonds. The van der Waals surface area contributed by atoms with Crippen LogP contribution in [0.2, 0.25) is 0 Å². The molecule has 1 aliphatic carbocycles. The molecule has 2 N–H and O–H groups in total. The van der Waals surface area contributed by atoms with Crippen molar-refractivity contribution in [3.63, 3.8) is 0 Å². The first-order chi connectivity index (χ1) is 8.36. The Morgan fingerprint density at radius 1 is 1.12 bits per heavy atom. The summed E-state index contributed by atoms with van der Waals surface area (Å²) < 4.78 is 0. The van der Waals surface area contributed by atoms with E-state index in [1.54, 1.807) is 0 Å². The van der Waals surface area contributed by atoms with E-state index in [1.807, 2.05) is 0 Å². The van der Waals surface area contributed by atoms with Crippen LogP contribution in [0.25, 0.3) is 0 Å². The Balaban J connectivity index is 1.53. The van der Waals surface area contributed by atoms with Gasteiger partial charge in [0.15, 0.2) is 0 Å². The van der Waals surface area contributed by atoms with Gasteiger partial charge in [-0.15, -0.1) is 0 Å². The summed E-state index contributed by atoms with van der Waals surface area (Å²) >= 11 is 0. The van der Waals surface area contributed by atoms with Crippen molar-refractivity contribution >= 4 is 5.91 Å². The number of carbonyl (C=O) groups excluding carboxylic acids is 1. The van der Waals surface area contributed by atoms with E-state index in [-0.39, 0.29) is 11.9 Å². The van der Waals surface area contributed by atoms with Gasteiger partial charge in [-0.1, -0.05) is 32.1 Å². The lowest BCUT2D eigenvalue weighted by Crippen LogP contribution is -2.46. The lowest BCUT2D eigenvalue weighted by molar-refractivity contribution is -0.123. The van der Waals surface area contributed by atoms with Crippen LogP contribution in [-0.4, -0.2) is 25.0 Å². The molecule has 0 aromatic carbocycles. The Kier molecular flexibility index (Phi) is 5.30. The highest BCUT2D eigenvalue weighted by molar-refractivity contribution is 5.81. The zero-order valence-electron chi connectivity index (χ0n) is 10.8. The van der Waals surface area contributed by atoms with E-state index in [2.05, 4.69) is 10.6 Å². The van der Waals surface area contributed by atoms with Crippen molar-refractivity contribution in [3.05, 3.63) is 0 Å². The van der Waals surface area contributed by atoms with E-state index in [0.717, 1.165) is 31.8 Å². The Morgan fingerprint density at radius 2 is 1.88 bits per heavy atom. The van der Waals surface area contributed by atoms with Gasteiger partial charge in [0.2, 0.25) is 5.91 Å². The van der Waals surface area contributed by atoms with Crippen LogP contribution in [0.3, 0.4) is 0 Å². The molecule has 3 nitrogen and oxygen atoms in total. The normalized spacial score (nSPS) is 26.0. The number of hydrogen-bond donors (Lipinski definition) is 2. The second-order valence-corrected chi connectivity index (χ2v) is 5.59. The van der Waals surface area contributed by atoms with Crippen molar-refractivity contribution in [2.45, 2.75) is 63.8 Å². The maximum Gasteiger partial charge on any atom is 0.237 e. The SMILES string of the molecule is O=C(NCCCC1CCCC1)C1CCCCN1. The van der Waals surface area contributed by atoms with Crippen molar-refractivity contribution in [1.82, 2.24) is 10.6 Å². The Bertz CT molecular complexity index is 230. The van der Waals surface area contributed by atoms with Gasteiger partial charge in [-0.05, 0) is 38.1 Å².